The minimum atomic E-state index is -1.58. The summed E-state index contributed by atoms with van der Waals surface area (Å²) in [6.45, 7) is 5.24. The maximum Gasteiger partial charge on any atom is 0.343 e. The Bertz CT molecular complexity index is 1070. The predicted octanol–water partition coefficient (Wildman–Crippen LogP) is 3.36. The highest BCUT2D eigenvalue weighted by Gasteiger charge is 2.54. The highest BCUT2D eigenvalue weighted by molar-refractivity contribution is 6.28. The Morgan fingerprint density at radius 1 is 1.14 bits per heavy atom. The Balaban J connectivity index is 1.82. The fourth-order valence-corrected chi connectivity index (χ4v) is 3.79. The number of fused-ring (bicyclic) bond motifs is 2. The molecule has 29 heavy (non-hydrogen) atoms. The van der Waals surface area contributed by atoms with Crippen LogP contribution in [-0.2, 0) is 23.9 Å². The molecule has 1 aliphatic carbocycles. The lowest BCUT2D eigenvalue weighted by Crippen LogP contribution is -2.43. The summed E-state index contributed by atoms with van der Waals surface area (Å²) in [6.07, 6.45) is 4.50. The number of carbonyl (C=O) groups is 3. The van der Waals surface area contributed by atoms with Gasteiger partial charge in [-0.05, 0) is 32.4 Å². The number of ketones is 2. The minimum absolute atomic E-state index is 0.222. The Labute approximate surface area is 167 Å². The van der Waals surface area contributed by atoms with Crippen LogP contribution in [0, 0.1) is 0 Å². The normalized spacial score (nSPS) is 25.4. The van der Waals surface area contributed by atoms with E-state index in [9.17, 15) is 19.5 Å². The summed E-state index contributed by atoms with van der Waals surface area (Å²) in [7, 11) is 0. The van der Waals surface area contributed by atoms with Gasteiger partial charge in [-0.1, -0.05) is 30.3 Å². The number of aliphatic hydroxyl groups is 1. The van der Waals surface area contributed by atoms with E-state index in [-0.39, 0.29) is 16.9 Å². The molecule has 1 aromatic rings. The molecule has 1 aromatic carbocycles. The van der Waals surface area contributed by atoms with Gasteiger partial charge in [-0.3, -0.25) is 9.59 Å². The Kier molecular flexibility index (Phi) is 4.12. The topological polar surface area (TPSA) is 89.9 Å². The third-order valence-corrected chi connectivity index (χ3v) is 5.32. The van der Waals surface area contributed by atoms with Crippen molar-refractivity contribution in [3.05, 3.63) is 76.6 Å². The zero-order valence-corrected chi connectivity index (χ0v) is 16.3. The number of esters is 1. The summed E-state index contributed by atoms with van der Waals surface area (Å²) in [4.78, 5) is 38.5. The zero-order chi connectivity index (χ0) is 21.0. The monoisotopic (exact) mass is 392 g/mol. The number of Topliss-reactive ketones (excluding diaryl/α,β-unsaturated/α-hetero) is 1. The summed E-state index contributed by atoms with van der Waals surface area (Å²) < 4.78 is 11.0. The van der Waals surface area contributed by atoms with Crippen LogP contribution >= 0.6 is 0 Å². The lowest BCUT2D eigenvalue weighted by Gasteiger charge is -2.37. The van der Waals surface area contributed by atoms with E-state index in [0.29, 0.717) is 23.1 Å². The second-order valence-corrected chi connectivity index (χ2v) is 8.06. The minimum Gasteiger partial charge on any atom is -0.507 e. The molecule has 148 valence electrons. The van der Waals surface area contributed by atoms with Gasteiger partial charge in [0.25, 0.3) is 0 Å². The molecule has 6 nitrogen and oxygen atoms in total. The first-order valence-corrected chi connectivity index (χ1v) is 9.25. The second-order valence-electron chi connectivity index (χ2n) is 8.06. The predicted molar refractivity (Wildman–Crippen MR) is 105 cm³/mol. The molecule has 1 atom stereocenters. The average molecular weight is 392 g/mol. The first-order chi connectivity index (χ1) is 13.6. The Morgan fingerprint density at radius 3 is 2.52 bits per heavy atom. The van der Waals surface area contributed by atoms with Gasteiger partial charge in [0.2, 0.25) is 5.78 Å². The van der Waals surface area contributed by atoms with Crippen molar-refractivity contribution in [2.24, 2.45) is 0 Å². The van der Waals surface area contributed by atoms with Gasteiger partial charge in [-0.2, -0.15) is 0 Å². The van der Waals surface area contributed by atoms with E-state index < -0.39 is 28.7 Å². The van der Waals surface area contributed by atoms with Gasteiger partial charge in [0.15, 0.2) is 11.4 Å². The van der Waals surface area contributed by atoms with Gasteiger partial charge in [-0.25, -0.2) is 4.79 Å². The number of allylic oxidation sites excluding steroid dienone is 1. The van der Waals surface area contributed by atoms with Gasteiger partial charge in [0, 0.05) is 23.6 Å². The number of carbonyl (C=O) groups excluding carboxylic acids is 3. The second kappa shape index (κ2) is 6.30. The molecule has 0 radical (unpaired) electrons. The van der Waals surface area contributed by atoms with Crippen molar-refractivity contribution in [3.63, 3.8) is 0 Å². The highest BCUT2D eigenvalue weighted by Crippen LogP contribution is 2.46. The molecule has 3 aliphatic rings. The molecule has 1 unspecified atom stereocenters. The van der Waals surface area contributed by atoms with Gasteiger partial charge in [0.05, 0.1) is 11.8 Å². The van der Waals surface area contributed by atoms with Crippen LogP contribution < -0.4 is 0 Å². The average Bonchev–Trinajstić information content (AvgIpc) is 2.92. The quantitative estimate of drug-likeness (QED) is 0.367. The molecule has 0 fully saturated rings. The number of ether oxygens (including phenoxy) is 2. The van der Waals surface area contributed by atoms with Crippen LogP contribution in [0.15, 0.2) is 71.0 Å². The van der Waals surface area contributed by atoms with Crippen molar-refractivity contribution >= 4 is 23.3 Å². The molecule has 4 rings (SSSR count). The lowest BCUT2D eigenvalue weighted by atomic mass is 9.74. The van der Waals surface area contributed by atoms with Crippen LogP contribution in [0.2, 0.25) is 0 Å². The van der Waals surface area contributed by atoms with E-state index in [0.717, 1.165) is 6.08 Å². The van der Waals surface area contributed by atoms with Crippen LogP contribution in [0.3, 0.4) is 0 Å². The Morgan fingerprint density at radius 2 is 1.83 bits per heavy atom. The molecule has 0 amide bonds. The summed E-state index contributed by atoms with van der Waals surface area (Å²) >= 11 is 0. The van der Waals surface area contributed by atoms with Gasteiger partial charge in [0.1, 0.15) is 16.9 Å². The molecular weight excluding hydrogens is 372 g/mol. The summed E-state index contributed by atoms with van der Waals surface area (Å²) in [5, 5.41) is 10.3. The molecule has 0 saturated heterocycles. The number of hydrogen-bond acceptors (Lipinski definition) is 6. The third-order valence-electron chi connectivity index (χ3n) is 5.32. The fourth-order valence-electron chi connectivity index (χ4n) is 3.79. The molecule has 0 spiro atoms. The van der Waals surface area contributed by atoms with Crippen LogP contribution in [0.1, 0.15) is 32.8 Å². The third kappa shape index (κ3) is 3.01. The van der Waals surface area contributed by atoms with Crippen molar-refractivity contribution in [1.29, 1.82) is 0 Å². The lowest BCUT2D eigenvalue weighted by molar-refractivity contribution is -0.153. The molecule has 0 bridgehead atoms. The highest BCUT2D eigenvalue weighted by atomic mass is 16.6. The maximum atomic E-state index is 13.1. The SMILES string of the molecule is CC1(C)CC2=CC3=C(C(=O)C=C(O)c4ccccc4)C(=O)OC3(C)C(=O)C2=CO1. The molecular formula is C23H20O6. The summed E-state index contributed by atoms with van der Waals surface area (Å²) in [5.74, 6) is -2.28. The molecule has 0 saturated carbocycles. The molecule has 2 aliphatic heterocycles. The summed E-state index contributed by atoms with van der Waals surface area (Å²) in [6, 6.07) is 8.50. The molecule has 0 aromatic heterocycles. The molecule has 6 heteroatoms. The van der Waals surface area contributed by atoms with Crippen LogP contribution in [0.5, 0.6) is 0 Å². The van der Waals surface area contributed by atoms with E-state index in [1.54, 1.807) is 36.4 Å². The van der Waals surface area contributed by atoms with Gasteiger partial charge in [-0.15, -0.1) is 0 Å². The molecule has 2 heterocycles. The van der Waals surface area contributed by atoms with Crippen molar-refractivity contribution in [1.82, 2.24) is 0 Å². The first-order valence-electron chi connectivity index (χ1n) is 9.25. The maximum absolute atomic E-state index is 13.1. The van der Waals surface area contributed by atoms with E-state index in [2.05, 4.69) is 0 Å². The van der Waals surface area contributed by atoms with Crippen LogP contribution in [0.4, 0.5) is 0 Å². The van der Waals surface area contributed by atoms with E-state index in [1.807, 2.05) is 13.8 Å². The number of aliphatic hydroxyl groups excluding tert-OH is 1. The number of rotatable bonds is 3. The van der Waals surface area contributed by atoms with Crippen molar-refractivity contribution in [3.8, 4) is 0 Å². The standard InChI is InChI=1S/C23H20O6/c1-22(2)11-14-9-16-19(18(25)10-17(24)13-7-5-4-6-8-13)21(27)29-23(16,3)20(26)15(14)12-28-22/h4-10,12,24H,11H2,1-3H3. The smallest absolute Gasteiger partial charge is 0.343 e. The molecule has 1 N–H and O–H groups in total. The van der Waals surface area contributed by atoms with Crippen molar-refractivity contribution < 1.29 is 29.0 Å². The summed E-state index contributed by atoms with van der Waals surface area (Å²) in [5.41, 5.74) is -0.631. The zero-order valence-electron chi connectivity index (χ0n) is 16.3. The van der Waals surface area contributed by atoms with E-state index >= 15 is 0 Å². The number of hydrogen-bond donors (Lipinski definition) is 1. The van der Waals surface area contributed by atoms with Crippen LogP contribution in [0.25, 0.3) is 5.76 Å². The van der Waals surface area contributed by atoms with E-state index in [1.165, 1.54) is 13.2 Å². The van der Waals surface area contributed by atoms with Gasteiger partial charge >= 0.3 is 5.97 Å². The number of benzene rings is 1. The van der Waals surface area contributed by atoms with Crippen molar-refractivity contribution in [2.75, 3.05) is 0 Å². The van der Waals surface area contributed by atoms with E-state index in [4.69, 9.17) is 9.47 Å². The van der Waals surface area contributed by atoms with Crippen LogP contribution in [-0.4, -0.2) is 33.8 Å². The fraction of sp³-hybridized carbons (Fsp3) is 0.261. The first kappa shape index (κ1) is 18.9. The van der Waals surface area contributed by atoms with Crippen molar-refractivity contribution in [2.45, 2.75) is 38.4 Å². The largest absolute Gasteiger partial charge is 0.507 e. The van der Waals surface area contributed by atoms with Gasteiger partial charge < -0.3 is 14.6 Å². The Hall–Kier alpha value is -3.41.